The quantitative estimate of drug-likeness (QED) is 0.727. The predicted molar refractivity (Wildman–Crippen MR) is 115 cm³/mol. The molecule has 0 spiro atoms. The number of carbonyl (C=O) groups excluding carboxylic acids is 3. The zero-order chi connectivity index (χ0) is 21.2. The van der Waals surface area contributed by atoms with Gasteiger partial charge in [-0.05, 0) is 87.3 Å². The molecule has 164 valence electrons. The van der Waals surface area contributed by atoms with E-state index in [2.05, 4.69) is 15.5 Å². The average Bonchev–Trinajstić information content (AvgIpc) is 3.21. The molecule has 5 fully saturated rings. The van der Waals surface area contributed by atoms with Crippen molar-refractivity contribution in [3.8, 4) is 0 Å². The van der Waals surface area contributed by atoms with Crippen molar-refractivity contribution in [2.45, 2.75) is 62.9 Å². The highest BCUT2D eigenvalue weighted by atomic mass is 16.5. The lowest BCUT2D eigenvalue weighted by atomic mass is 9.53. The summed E-state index contributed by atoms with van der Waals surface area (Å²) in [6.07, 6.45) is 9.00. The van der Waals surface area contributed by atoms with E-state index >= 15 is 0 Å². The molecule has 7 nitrogen and oxygen atoms in total. The molecule has 0 radical (unpaired) electrons. The number of amides is 2. The van der Waals surface area contributed by atoms with E-state index < -0.39 is 5.97 Å². The number of carbonyl (C=O) groups is 3. The van der Waals surface area contributed by atoms with Gasteiger partial charge in [-0.1, -0.05) is 0 Å². The molecule has 6 aliphatic rings. The fourth-order valence-corrected chi connectivity index (χ4v) is 7.37. The van der Waals surface area contributed by atoms with E-state index in [4.69, 9.17) is 4.74 Å². The van der Waals surface area contributed by atoms with Gasteiger partial charge in [0.2, 0.25) is 5.91 Å². The Morgan fingerprint density at radius 2 is 1.84 bits per heavy atom. The molecule has 1 aromatic carbocycles. The van der Waals surface area contributed by atoms with Gasteiger partial charge in [0.1, 0.15) is 6.04 Å². The first-order valence-electron chi connectivity index (χ1n) is 11.7. The monoisotopic (exact) mass is 423 g/mol. The van der Waals surface area contributed by atoms with Crippen LogP contribution in [0.1, 0.15) is 61.7 Å². The number of rotatable bonds is 4. The van der Waals surface area contributed by atoms with Crippen molar-refractivity contribution in [2.24, 2.45) is 17.8 Å². The predicted octanol–water partition coefficient (Wildman–Crippen LogP) is 2.85. The van der Waals surface area contributed by atoms with Gasteiger partial charge in [-0.2, -0.15) is 0 Å². The maximum Gasteiger partial charge on any atom is 0.338 e. The first-order valence-corrected chi connectivity index (χ1v) is 11.7. The Hall–Kier alpha value is -2.57. The van der Waals surface area contributed by atoms with Crippen LogP contribution >= 0.6 is 0 Å². The molecule has 1 saturated heterocycles. The number of benzene rings is 1. The second-order valence-electron chi connectivity index (χ2n) is 10.4. The fraction of sp³-hybridized carbons (Fsp3) is 0.625. The highest BCUT2D eigenvalue weighted by molar-refractivity contribution is 6.05. The molecule has 0 unspecified atom stereocenters. The van der Waals surface area contributed by atoms with Crippen molar-refractivity contribution in [3.63, 3.8) is 0 Å². The van der Waals surface area contributed by atoms with Gasteiger partial charge >= 0.3 is 5.97 Å². The molecular weight excluding hydrogens is 394 g/mol. The van der Waals surface area contributed by atoms with Crippen molar-refractivity contribution in [3.05, 3.63) is 23.8 Å². The second kappa shape index (κ2) is 6.97. The molecule has 0 aromatic heterocycles. The third kappa shape index (κ3) is 3.29. The summed E-state index contributed by atoms with van der Waals surface area (Å²) in [4.78, 5) is 39.6. The Morgan fingerprint density at radius 1 is 1.13 bits per heavy atom. The Labute approximate surface area is 181 Å². The lowest BCUT2D eigenvalue weighted by molar-refractivity contribution is -0.130. The fourth-order valence-electron chi connectivity index (χ4n) is 7.37. The third-order valence-corrected chi connectivity index (χ3v) is 8.13. The van der Waals surface area contributed by atoms with Gasteiger partial charge in [0.05, 0.1) is 16.9 Å². The van der Waals surface area contributed by atoms with Crippen LogP contribution < -0.4 is 15.5 Å². The van der Waals surface area contributed by atoms with Gasteiger partial charge in [0.15, 0.2) is 6.61 Å². The number of fused-ring (bicyclic) bond motifs is 3. The molecule has 1 aromatic rings. The molecule has 2 aliphatic heterocycles. The number of anilines is 2. The van der Waals surface area contributed by atoms with Gasteiger partial charge < -0.3 is 20.3 Å². The van der Waals surface area contributed by atoms with Crippen molar-refractivity contribution < 1.29 is 19.1 Å². The van der Waals surface area contributed by atoms with E-state index in [1.165, 1.54) is 19.3 Å². The Morgan fingerprint density at radius 3 is 2.55 bits per heavy atom. The number of nitrogens with zero attached hydrogens (tertiary/aromatic N) is 1. The molecule has 4 bridgehead atoms. The summed E-state index contributed by atoms with van der Waals surface area (Å²) < 4.78 is 5.33. The van der Waals surface area contributed by atoms with E-state index in [9.17, 15) is 14.4 Å². The third-order valence-electron chi connectivity index (χ3n) is 8.13. The topological polar surface area (TPSA) is 87.7 Å². The minimum Gasteiger partial charge on any atom is -0.452 e. The summed E-state index contributed by atoms with van der Waals surface area (Å²) in [6.45, 7) is 0.581. The van der Waals surface area contributed by atoms with Crippen LogP contribution in [0.25, 0.3) is 0 Å². The molecule has 2 heterocycles. The van der Waals surface area contributed by atoms with Crippen LogP contribution in [0.4, 0.5) is 11.4 Å². The maximum absolute atomic E-state index is 12.6. The summed E-state index contributed by atoms with van der Waals surface area (Å²) in [5.41, 5.74) is 1.84. The number of nitrogens with one attached hydrogen (secondary N) is 2. The molecule has 2 N–H and O–H groups in total. The normalized spacial score (nSPS) is 34.7. The zero-order valence-corrected chi connectivity index (χ0v) is 17.7. The lowest BCUT2D eigenvalue weighted by Gasteiger charge is -2.56. The molecule has 7 heteroatoms. The van der Waals surface area contributed by atoms with Gasteiger partial charge in [0.25, 0.3) is 5.91 Å². The van der Waals surface area contributed by atoms with Gasteiger partial charge in [-0.3, -0.25) is 9.59 Å². The molecule has 4 aliphatic carbocycles. The Kier molecular flexibility index (Phi) is 4.30. The SMILES string of the molecule is O=C(COC(=O)c1ccc2c(c1)NC(=O)[C@H]1CCCN21)NC12CC3CC(CC(C3)C1)C2. The first kappa shape index (κ1) is 19.1. The molecule has 1 atom stereocenters. The second-order valence-corrected chi connectivity index (χ2v) is 10.4. The molecular formula is C24H29N3O4. The maximum atomic E-state index is 12.6. The first-order chi connectivity index (χ1) is 15.0. The van der Waals surface area contributed by atoms with Gasteiger partial charge in [0, 0.05) is 12.1 Å². The summed E-state index contributed by atoms with van der Waals surface area (Å²) in [7, 11) is 0. The van der Waals surface area contributed by atoms with Crippen molar-refractivity contribution >= 4 is 29.2 Å². The van der Waals surface area contributed by atoms with Crippen LogP contribution in [-0.4, -0.2) is 42.5 Å². The van der Waals surface area contributed by atoms with Crippen LogP contribution in [0, 0.1) is 17.8 Å². The van der Waals surface area contributed by atoms with E-state index in [1.807, 2.05) is 6.07 Å². The van der Waals surface area contributed by atoms with Crippen LogP contribution in [-0.2, 0) is 14.3 Å². The molecule has 7 rings (SSSR count). The van der Waals surface area contributed by atoms with E-state index in [0.29, 0.717) is 11.3 Å². The number of hydrogen-bond acceptors (Lipinski definition) is 5. The standard InChI is InChI=1S/C24H29N3O4/c28-21(26-24-10-14-6-15(11-24)8-16(7-14)12-24)13-31-23(30)17-3-4-19-18(9-17)25-22(29)20-2-1-5-27(19)20/h3-4,9,14-16,20H,1-2,5-8,10-13H2,(H,25,29)(H,26,28)/t14?,15?,16?,20-,24?/m1/s1. The summed E-state index contributed by atoms with van der Waals surface area (Å²) in [5.74, 6) is 1.47. The van der Waals surface area contributed by atoms with Crippen molar-refractivity contribution in [2.75, 3.05) is 23.4 Å². The molecule has 2 amide bonds. The number of esters is 1. The van der Waals surface area contributed by atoms with E-state index in [1.54, 1.807) is 12.1 Å². The number of hydrogen-bond donors (Lipinski definition) is 2. The summed E-state index contributed by atoms with van der Waals surface area (Å²) in [5, 5.41) is 6.14. The van der Waals surface area contributed by atoms with Crippen LogP contribution in [0.2, 0.25) is 0 Å². The van der Waals surface area contributed by atoms with Crippen LogP contribution in [0.15, 0.2) is 18.2 Å². The smallest absolute Gasteiger partial charge is 0.338 e. The Bertz CT molecular complexity index is 923. The van der Waals surface area contributed by atoms with Crippen molar-refractivity contribution in [1.82, 2.24) is 5.32 Å². The van der Waals surface area contributed by atoms with Crippen LogP contribution in [0.5, 0.6) is 0 Å². The minimum atomic E-state index is -0.541. The summed E-state index contributed by atoms with van der Waals surface area (Å²) >= 11 is 0. The highest BCUT2D eigenvalue weighted by Gasteiger charge is 2.51. The van der Waals surface area contributed by atoms with Gasteiger partial charge in [-0.15, -0.1) is 0 Å². The summed E-state index contributed by atoms with van der Waals surface area (Å²) in [6, 6.07) is 5.12. The number of ether oxygens (including phenoxy) is 1. The minimum absolute atomic E-state index is 0.0227. The molecule has 4 saturated carbocycles. The molecule has 31 heavy (non-hydrogen) atoms. The van der Waals surface area contributed by atoms with E-state index in [0.717, 1.165) is 62.1 Å². The van der Waals surface area contributed by atoms with Crippen LogP contribution in [0.3, 0.4) is 0 Å². The largest absolute Gasteiger partial charge is 0.452 e. The average molecular weight is 424 g/mol. The lowest BCUT2D eigenvalue weighted by Crippen LogP contribution is -2.60. The van der Waals surface area contributed by atoms with Gasteiger partial charge in [-0.25, -0.2) is 4.79 Å². The van der Waals surface area contributed by atoms with Crippen molar-refractivity contribution in [1.29, 1.82) is 0 Å². The Balaban J connectivity index is 1.09. The zero-order valence-electron chi connectivity index (χ0n) is 17.7. The van der Waals surface area contributed by atoms with E-state index in [-0.39, 0.29) is 30.0 Å². The highest BCUT2D eigenvalue weighted by Crippen LogP contribution is 2.55.